The maximum atomic E-state index is 12.3. The first-order valence-corrected chi connectivity index (χ1v) is 9.05. The lowest BCUT2D eigenvalue weighted by Gasteiger charge is -2.10. The zero-order valence-corrected chi connectivity index (χ0v) is 15.1. The number of nitrogens with zero attached hydrogens (tertiary/aromatic N) is 3. The van der Waals surface area contributed by atoms with Gasteiger partial charge in [0.1, 0.15) is 11.5 Å². The van der Waals surface area contributed by atoms with Crippen LogP contribution in [-0.4, -0.2) is 26.2 Å². The first kappa shape index (κ1) is 19.1. The van der Waals surface area contributed by atoms with Crippen molar-refractivity contribution in [1.29, 1.82) is 0 Å². The summed E-state index contributed by atoms with van der Waals surface area (Å²) in [6.07, 6.45) is -4.72. The molecule has 3 rings (SSSR count). The summed E-state index contributed by atoms with van der Waals surface area (Å²) < 4.78 is 42.8. The van der Waals surface area contributed by atoms with Crippen LogP contribution >= 0.6 is 11.8 Å². The molecule has 0 spiro atoms. The molecule has 1 heterocycles. The molecule has 142 valence electrons. The molecule has 0 fully saturated rings. The Balaban J connectivity index is 1.78. The minimum Gasteiger partial charge on any atom is -0.507 e. The highest BCUT2D eigenvalue weighted by molar-refractivity contribution is 7.98. The van der Waals surface area contributed by atoms with E-state index < -0.39 is 6.36 Å². The third kappa shape index (κ3) is 4.73. The van der Waals surface area contributed by atoms with Crippen molar-refractivity contribution in [2.24, 2.45) is 0 Å². The number of halogens is 3. The summed E-state index contributed by atoms with van der Waals surface area (Å²) in [6.45, 7) is 2.50. The third-order valence-corrected chi connectivity index (χ3v) is 4.72. The van der Waals surface area contributed by atoms with E-state index in [4.69, 9.17) is 0 Å². The summed E-state index contributed by atoms with van der Waals surface area (Å²) in [5.41, 5.74) is 1.23. The van der Waals surface area contributed by atoms with Crippen molar-refractivity contribution in [3.63, 3.8) is 0 Å². The molecule has 0 aliphatic heterocycles. The summed E-state index contributed by atoms with van der Waals surface area (Å²) in [6, 6.07) is 12.7. The molecule has 0 saturated heterocycles. The zero-order valence-electron chi connectivity index (χ0n) is 14.3. The van der Waals surface area contributed by atoms with Gasteiger partial charge in [-0.3, -0.25) is 0 Å². The Morgan fingerprint density at radius 2 is 1.89 bits per heavy atom. The van der Waals surface area contributed by atoms with Crippen molar-refractivity contribution in [2.75, 3.05) is 0 Å². The van der Waals surface area contributed by atoms with Crippen LogP contribution in [0.2, 0.25) is 0 Å². The van der Waals surface area contributed by atoms with Crippen LogP contribution < -0.4 is 4.74 Å². The SMILES string of the molecule is CCn1c(SCc2cccc(OC(F)(F)F)c2)nnc1-c1ccccc1O. The average Bonchev–Trinajstić information content (AvgIpc) is 3.02. The number of aromatic hydroxyl groups is 1. The van der Waals surface area contributed by atoms with E-state index in [2.05, 4.69) is 14.9 Å². The predicted octanol–water partition coefficient (Wildman–Crippen LogP) is 4.86. The molecule has 0 amide bonds. The first-order valence-electron chi connectivity index (χ1n) is 8.06. The van der Waals surface area contributed by atoms with Gasteiger partial charge in [0, 0.05) is 12.3 Å². The van der Waals surface area contributed by atoms with Gasteiger partial charge in [0.05, 0.1) is 5.56 Å². The Morgan fingerprint density at radius 3 is 2.59 bits per heavy atom. The number of hydrogen-bond donors (Lipinski definition) is 1. The van der Waals surface area contributed by atoms with Crippen LogP contribution in [0.3, 0.4) is 0 Å². The smallest absolute Gasteiger partial charge is 0.507 e. The molecule has 1 N–H and O–H groups in total. The van der Waals surface area contributed by atoms with Crippen LogP contribution in [0.1, 0.15) is 12.5 Å². The van der Waals surface area contributed by atoms with Crippen molar-refractivity contribution >= 4 is 11.8 Å². The van der Waals surface area contributed by atoms with E-state index in [0.29, 0.717) is 34.4 Å². The van der Waals surface area contributed by atoms with Crippen molar-refractivity contribution in [2.45, 2.75) is 30.7 Å². The molecule has 27 heavy (non-hydrogen) atoms. The van der Waals surface area contributed by atoms with Gasteiger partial charge in [0.2, 0.25) is 0 Å². The Hall–Kier alpha value is -2.68. The molecule has 1 aromatic heterocycles. The fourth-order valence-electron chi connectivity index (χ4n) is 2.52. The average molecular weight is 395 g/mol. The van der Waals surface area contributed by atoms with E-state index in [1.165, 1.54) is 30.0 Å². The molecule has 0 unspecified atom stereocenters. The Bertz CT molecular complexity index is 928. The molecule has 0 bridgehead atoms. The molecular weight excluding hydrogens is 379 g/mol. The Labute approximate surface area is 157 Å². The largest absolute Gasteiger partial charge is 0.573 e. The second-order valence-electron chi connectivity index (χ2n) is 5.55. The predicted molar refractivity (Wildman–Crippen MR) is 95.5 cm³/mol. The molecule has 0 radical (unpaired) electrons. The van der Waals surface area contributed by atoms with E-state index in [9.17, 15) is 18.3 Å². The molecule has 0 aliphatic rings. The lowest BCUT2D eigenvalue weighted by atomic mass is 10.2. The lowest BCUT2D eigenvalue weighted by molar-refractivity contribution is -0.274. The van der Waals surface area contributed by atoms with Crippen molar-refractivity contribution < 1.29 is 23.0 Å². The second kappa shape index (κ2) is 7.91. The fourth-order valence-corrected chi connectivity index (χ4v) is 3.47. The van der Waals surface area contributed by atoms with Gasteiger partial charge in [-0.05, 0) is 36.8 Å². The first-order chi connectivity index (χ1) is 12.9. The molecule has 0 aliphatic carbocycles. The second-order valence-corrected chi connectivity index (χ2v) is 6.49. The van der Waals surface area contributed by atoms with Gasteiger partial charge < -0.3 is 14.4 Å². The van der Waals surface area contributed by atoms with Gasteiger partial charge in [-0.2, -0.15) is 0 Å². The monoisotopic (exact) mass is 395 g/mol. The van der Waals surface area contributed by atoms with Crippen LogP contribution in [0.15, 0.2) is 53.7 Å². The van der Waals surface area contributed by atoms with Crippen molar-refractivity contribution in [1.82, 2.24) is 14.8 Å². The number of thioether (sulfide) groups is 1. The molecule has 5 nitrogen and oxygen atoms in total. The molecular formula is C18H16F3N3O2S. The number of aromatic nitrogens is 3. The highest BCUT2D eigenvalue weighted by Crippen LogP contribution is 2.31. The van der Waals surface area contributed by atoms with Gasteiger partial charge in [0.15, 0.2) is 11.0 Å². The number of phenolic OH excluding ortho intramolecular Hbond substituents is 1. The van der Waals surface area contributed by atoms with E-state index in [0.717, 1.165) is 0 Å². The zero-order chi connectivity index (χ0) is 19.4. The highest BCUT2D eigenvalue weighted by Gasteiger charge is 2.31. The van der Waals surface area contributed by atoms with E-state index in [1.807, 2.05) is 11.5 Å². The van der Waals surface area contributed by atoms with Crippen LogP contribution in [0.25, 0.3) is 11.4 Å². The van der Waals surface area contributed by atoms with Gasteiger partial charge in [0.25, 0.3) is 0 Å². The van der Waals surface area contributed by atoms with E-state index >= 15 is 0 Å². The highest BCUT2D eigenvalue weighted by atomic mass is 32.2. The van der Waals surface area contributed by atoms with Crippen LogP contribution in [0.4, 0.5) is 13.2 Å². The molecule has 2 aromatic carbocycles. The van der Waals surface area contributed by atoms with Crippen LogP contribution in [0.5, 0.6) is 11.5 Å². The van der Waals surface area contributed by atoms with Gasteiger partial charge in [-0.25, -0.2) is 0 Å². The lowest BCUT2D eigenvalue weighted by Crippen LogP contribution is -2.17. The molecule has 0 atom stereocenters. The maximum Gasteiger partial charge on any atom is 0.573 e. The minimum absolute atomic E-state index is 0.105. The van der Waals surface area contributed by atoms with Crippen LogP contribution in [0, 0.1) is 0 Å². The summed E-state index contributed by atoms with van der Waals surface area (Å²) in [4.78, 5) is 0. The number of para-hydroxylation sites is 1. The number of benzene rings is 2. The van der Waals surface area contributed by atoms with E-state index in [-0.39, 0.29) is 11.5 Å². The molecule has 9 heteroatoms. The fraction of sp³-hybridized carbons (Fsp3) is 0.222. The Morgan fingerprint density at radius 1 is 1.11 bits per heavy atom. The minimum atomic E-state index is -4.72. The number of rotatable bonds is 6. The standard InChI is InChI=1S/C18H16F3N3O2S/c1-2-24-16(14-8-3-4-9-15(14)25)22-23-17(24)27-11-12-6-5-7-13(10-12)26-18(19,20)21/h3-10,25H,2,11H2,1H3. The summed E-state index contributed by atoms with van der Waals surface area (Å²) in [7, 11) is 0. The van der Waals surface area contributed by atoms with Crippen molar-refractivity contribution in [3.05, 3.63) is 54.1 Å². The van der Waals surface area contributed by atoms with Gasteiger partial charge in [-0.15, -0.1) is 23.4 Å². The summed E-state index contributed by atoms with van der Waals surface area (Å²) in [5, 5.41) is 18.9. The number of hydrogen-bond acceptors (Lipinski definition) is 5. The maximum absolute atomic E-state index is 12.3. The topological polar surface area (TPSA) is 60.2 Å². The van der Waals surface area contributed by atoms with Gasteiger partial charge >= 0.3 is 6.36 Å². The molecule has 0 saturated carbocycles. The summed E-state index contributed by atoms with van der Waals surface area (Å²) in [5.74, 6) is 0.779. The number of phenols is 1. The number of alkyl halides is 3. The van der Waals surface area contributed by atoms with E-state index in [1.54, 1.807) is 30.3 Å². The number of ether oxygens (including phenoxy) is 1. The Kier molecular flexibility index (Phi) is 5.59. The third-order valence-electron chi connectivity index (χ3n) is 3.68. The van der Waals surface area contributed by atoms with Crippen LogP contribution in [-0.2, 0) is 12.3 Å². The van der Waals surface area contributed by atoms with Crippen molar-refractivity contribution in [3.8, 4) is 22.9 Å². The quantitative estimate of drug-likeness (QED) is 0.604. The summed E-state index contributed by atoms with van der Waals surface area (Å²) >= 11 is 1.34. The normalized spacial score (nSPS) is 11.6. The molecule has 3 aromatic rings. The van der Waals surface area contributed by atoms with Gasteiger partial charge in [-0.1, -0.05) is 36.0 Å².